The Labute approximate surface area is 111 Å². The molecule has 1 fully saturated rings. The van der Waals surface area contributed by atoms with Gasteiger partial charge in [0.05, 0.1) is 7.11 Å². The number of thiazole rings is 1. The van der Waals surface area contributed by atoms with Crippen LogP contribution in [0.15, 0.2) is 5.38 Å². The van der Waals surface area contributed by atoms with E-state index in [0.717, 1.165) is 43.3 Å². The summed E-state index contributed by atoms with van der Waals surface area (Å²) in [6, 6.07) is -0.353. The third kappa shape index (κ3) is 3.07. The summed E-state index contributed by atoms with van der Waals surface area (Å²) in [4.78, 5) is 18.6. The molecule has 0 bridgehead atoms. The molecule has 0 saturated carbocycles. The molecule has 1 aromatic rings. The highest BCUT2D eigenvalue weighted by Crippen LogP contribution is 2.25. The molecule has 1 aromatic heterocycles. The lowest BCUT2D eigenvalue weighted by molar-refractivity contribution is -0.147. The van der Waals surface area contributed by atoms with E-state index >= 15 is 0 Å². The van der Waals surface area contributed by atoms with E-state index in [1.807, 2.05) is 12.3 Å². The number of aromatic nitrogens is 1. The van der Waals surface area contributed by atoms with Crippen LogP contribution in [0.1, 0.15) is 23.2 Å². The monoisotopic (exact) mass is 269 g/mol. The highest BCUT2D eigenvalue weighted by molar-refractivity contribution is 7.09. The average molecular weight is 269 g/mol. The van der Waals surface area contributed by atoms with E-state index in [4.69, 9.17) is 4.74 Å². The summed E-state index contributed by atoms with van der Waals surface area (Å²) in [6.45, 7) is 5.58. The Morgan fingerprint density at radius 1 is 1.56 bits per heavy atom. The number of methoxy groups -OCH3 is 1. The van der Waals surface area contributed by atoms with Gasteiger partial charge in [-0.3, -0.25) is 4.90 Å². The fourth-order valence-electron chi connectivity index (χ4n) is 2.14. The van der Waals surface area contributed by atoms with Crippen LogP contribution in [-0.4, -0.2) is 49.1 Å². The summed E-state index contributed by atoms with van der Waals surface area (Å²) in [5.41, 5.74) is 0.955. The Bertz CT molecular complexity index is 400. The van der Waals surface area contributed by atoms with Crippen LogP contribution in [0, 0.1) is 6.92 Å². The van der Waals surface area contributed by atoms with Crippen LogP contribution < -0.4 is 5.32 Å². The van der Waals surface area contributed by atoms with Crippen molar-refractivity contribution in [1.29, 1.82) is 0 Å². The molecule has 0 aromatic carbocycles. The van der Waals surface area contributed by atoms with Crippen molar-refractivity contribution in [3.05, 3.63) is 16.1 Å². The fraction of sp³-hybridized carbons (Fsp3) is 0.667. The summed E-state index contributed by atoms with van der Waals surface area (Å²) in [7, 11) is 1.44. The van der Waals surface area contributed by atoms with E-state index in [2.05, 4.69) is 15.2 Å². The van der Waals surface area contributed by atoms with Gasteiger partial charge in [-0.25, -0.2) is 9.78 Å². The molecule has 5 nitrogen and oxygen atoms in total. The second-order valence-electron chi connectivity index (χ2n) is 4.39. The van der Waals surface area contributed by atoms with Gasteiger partial charge >= 0.3 is 5.97 Å². The van der Waals surface area contributed by atoms with Gasteiger partial charge in [0.1, 0.15) is 5.01 Å². The first-order valence-corrected chi connectivity index (χ1v) is 7.05. The van der Waals surface area contributed by atoms with Gasteiger partial charge in [-0.1, -0.05) is 0 Å². The number of nitrogens with zero attached hydrogens (tertiary/aromatic N) is 2. The minimum absolute atomic E-state index is 0.216. The van der Waals surface area contributed by atoms with Crippen molar-refractivity contribution in [2.45, 2.75) is 19.4 Å². The largest absolute Gasteiger partial charge is 0.468 e. The van der Waals surface area contributed by atoms with Crippen LogP contribution >= 0.6 is 11.3 Å². The maximum atomic E-state index is 12.0. The molecule has 1 aliphatic rings. The van der Waals surface area contributed by atoms with Crippen molar-refractivity contribution >= 4 is 17.3 Å². The molecule has 100 valence electrons. The van der Waals surface area contributed by atoms with Crippen molar-refractivity contribution in [2.75, 3.05) is 33.3 Å². The van der Waals surface area contributed by atoms with Gasteiger partial charge in [-0.2, -0.15) is 0 Å². The average Bonchev–Trinajstić information content (AvgIpc) is 2.64. The number of nitrogens with one attached hydrogen (secondary N) is 1. The molecular weight excluding hydrogens is 250 g/mol. The number of hydrogen-bond acceptors (Lipinski definition) is 6. The topological polar surface area (TPSA) is 54.5 Å². The zero-order valence-electron chi connectivity index (χ0n) is 10.8. The summed E-state index contributed by atoms with van der Waals surface area (Å²) in [6.07, 6.45) is 1.04. The predicted octanol–water partition coefficient (Wildman–Crippen LogP) is 0.961. The third-order valence-electron chi connectivity index (χ3n) is 3.03. The minimum atomic E-state index is -0.353. The maximum Gasteiger partial charge on any atom is 0.330 e. The molecule has 0 spiro atoms. The molecule has 1 N–H and O–H groups in total. The molecule has 18 heavy (non-hydrogen) atoms. The highest BCUT2D eigenvalue weighted by Gasteiger charge is 2.31. The van der Waals surface area contributed by atoms with E-state index in [0.29, 0.717) is 0 Å². The van der Waals surface area contributed by atoms with Crippen LogP contribution in [-0.2, 0) is 9.53 Å². The molecule has 0 amide bonds. The first-order valence-electron chi connectivity index (χ1n) is 6.17. The Balaban J connectivity index is 2.21. The lowest BCUT2D eigenvalue weighted by Gasteiger charge is -2.26. The van der Waals surface area contributed by atoms with Crippen molar-refractivity contribution in [3.8, 4) is 0 Å². The van der Waals surface area contributed by atoms with E-state index in [1.54, 1.807) is 0 Å². The lowest BCUT2D eigenvalue weighted by atomic mass is 10.2. The number of rotatable bonds is 3. The summed E-state index contributed by atoms with van der Waals surface area (Å²) in [5.74, 6) is -0.216. The first-order chi connectivity index (χ1) is 8.72. The van der Waals surface area contributed by atoms with E-state index in [9.17, 15) is 4.79 Å². The molecule has 1 aliphatic heterocycles. The zero-order valence-corrected chi connectivity index (χ0v) is 11.6. The molecule has 0 aliphatic carbocycles. The fourth-order valence-corrected chi connectivity index (χ4v) is 3.06. The number of hydrogen-bond donors (Lipinski definition) is 1. The molecular formula is C12H19N3O2S. The van der Waals surface area contributed by atoms with Gasteiger partial charge in [-0.15, -0.1) is 11.3 Å². The molecule has 0 radical (unpaired) electrons. The van der Waals surface area contributed by atoms with Gasteiger partial charge in [0.15, 0.2) is 6.04 Å². The number of esters is 1. The predicted molar refractivity (Wildman–Crippen MR) is 70.7 cm³/mol. The number of carbonyl (C=O) groups excluding carboxylic acids is 1. The standard InChI is InChI=1S/C12H19N3O2S/c1-9-8-18-11(14-9)10(12(16)17-2)15-6-3-4-13-5-7-15/h8,10,13H,3-7H2,1-2H3. The molecule has 6 heteroatoms. The molecule has 1 saturated heterocycles. The van der Waals surface area contributed by atoms with Crippen molar-refractivity contribution in [2.24, 2.45) is 0 Å². The van der Waals surface area contributed by atoms with Crippen LogP contribution in [0.2, 0.25) is 0 Å². The second-order valence-corrected chi connectivity index (χ2v) is 5.28. The Morgan fingerprint density at radius 3 is 3.06 bits per heavy atom. The van der Waals surface area contributed by atoms with Gasteiger partial charge in [0.2, 0.25) is 0 Å². The van der Waals surface area contributed by atoms with Crippen LogP contribution in [0.3, 0.4) is 0 Å². The Hall–Kier alpha value is -0.980. The quantitative estimate of drug-likeness (QED) is 0.828. The Morgan fingerprint density at radius 2 is 2.39 bits per heavy atom. The summed E-state index contributed by atoms with van der Waals surface area (Å²) >= 11 is 1.53. The molecule has 1 unspecified atom stereocenters. The van der Waals surface area contributed by atoms with E-state index < -0.39 is 0 Å². The summed E-state index contributed by atoms with van der Waals surface area (Å²) in [5, 5.41) is 6.14. The van der Waals surface area contributed by atoms with Crippen molar-refractivity contribution < 1.29 is 9.53 Å². The minimum Gasteiger partial charge on any atom is -0.468 e. The summed E-state index contributed by atoms with van der Waals surface area (Å²) < 4.78 is 4.94. The van der Waals surface area contributed by atoms with Crippen LogP contribution in [0.5, 0.6) is 0 Å². The smallest absolute Gasteiger partial charge is 0.330 e. The molecule has 2 heterocycles. The maximum absolute atomic E-state index is 12.0. The van der Waals surface area contributed by atoms with Crippen LogP contribution in [0.4, 0.5) is 0 Å². The third-order valence-corrected chi connectivity index (χ3v) is 4.05. The zero-order chi connectivity index (χ0) is 13.0. The van der Waals surface area contributed by atoms with Crippen molar-refractivity contribution in [1.82, 2.24) is 15.2 Å². The first kappa shape index (κ1) is 13.5. The highest BCUT2D eigenvalue weighted by atomic mass is 32.1. The van der Waals surface area contributed by atoms with Gasteiger partial charge in [0, 0.05) is 30.7 Å². The SMILES string of the molecule is COC(=O)C(c1nc(C)cs1)N1CCCNCC1. The van der Waals surface area contributed by atoms with Crippen LogP contribution in [0.25, 0.3) is 0 Å². The number of aryl methyl sites for hydroxylation is 1. The number of ether oxygens (including phenoxy) is 1. The second kappa shape index (κ2) is 6.26. The van der Waals surface area contributed by atoms with Gasteiger partial charge in [0.25, 0.3) is 0 Å². The Kier molecular flexibility index (Phi) is 4.68. The van der Waals surface area contributed by atoms with Gasteiger partial charge < -0.3 is 10.1 Å². The van der Waals surface area contributed by atoms with Gasteiger partial charge in [-0.05, 0) is 19.9 Å². The lowest BCUT2D eigenvalue weighted by Crippen LogP contribution is -2.37. The normalized spacial score (nSPS) is 19.2. The molecule has 2 rings (SSSR count). The van der Waals surface area contributed by atoms with E-state index in [-0.39, 0.29) is 12.0 Å². The van der Waals surface area contributed by atoms with E-state index in [1.165, 1.54) is 18.4 Å². The molecule has 1 atom stereocenters. The number of carbonyl (C=O) groups is 1. The van der Waals surface area contributed by atoms with Crippen molar-refractivity contribution in [3.63, 3.8) is 0 Å².